The lowest BCUT2D eigenvalue weighted by molar-refractivity contribution is 0.0984. The number of nitrogens with zero attached hydrogens (tertiary/aromatic N) is 1. The van der Waals surface area contributed by atoms with Crippen molar-refractivity contribution in [2.45, 2.75) is 71.6 Å². The van der Waals surface area contributed by atoms with E-state index in [2.05, 4.69) is 67.9 Å². The quantitative estimate of drug-likeness (QED) is 0.295. The van der Waals surface area contributed by atoms with Crippen LogP contribution < -0.4 is 0 Å². The minimum atomic E-state index is -0.0448. The number of ketones is 1. The number of H-pyrrole nitrogens is 1. The zero-order valence-electron chi connectivity index (χ0n) is 20.2. The van der Waals surface area contributed by atoms with Gasteiger partial charge in [-0.2, -0.15) is 0 Å². The molecule has 0 radical (unpaired) electrons. The normalized spacial score (nSPS) is 15.8. The molecule has 170 valence electrons. The average Bonchev–Trinajstić information content (AvgIpc) is 3.24. The van der Waals surface area contributed by atoms with Gasteiger partial charge >= 0.3 is 0 Å². The van der Waals surface area contributed by atoms with Crippen molar-refractivity contribution in [1.29, 1.82) is 0 Å². The van der Waals surface area contributed by atoms with Gasteiger partial charge in [-0.3, -0.25) is 4.79 Å². The standard InChI is InChI=1S/C28H36N2O2/c1-7-23-19-29-26(30-23)25(31)17-21-9-10-22(28(4,5)13-8-16-32-6)18-24(21)20-11-14-27(2,3)15-12-20/h1,9-11,18-19H,8,12-17H2,2-6H3,(H,29,30). The monoisotopic (exact) mass is 432 g/mol. The largest absolute Gasteiger partial charge is 0.385 e. The number of aromatic amines is 1. The molecule has 0 aliphatic heterocycles. The van der Waals surface area contributed by atoms with Crippen molar-refractivity contribution in [2.75, 3.05) is 13.7 Å². The molecule has 0 bridgehead atoms. The van der Waals surface area contributed by atoms with E-state index in [4.69, 9.17) is 11.2 Å². The predicted octanol–water partition coefficient (Wildman–Crippen LogP) is 6.11. The van der Waals surface area contributed by atoms with Gasteiger partial charge in [-0.15, -0.1) is 6.42 Å². The number of methoxy groups -OCH3 is 1. The van der Waals surface area contributed by atoms with E-state index >= 15 is 0 Å². The number of hydrogen-bond acceptors (Lipinski definition) is 3. The van der Waals surface area contributed by atoms with Crippen molar-refractivity contribution >= 4 is 11.4 Å². The van der Waals surface area contributed by atoms with Gasteiger partial charge in [0.05, 0.1) is 6.20 Å². The molecule has 2 aromatic rings. The number of benzene rings is 1. The Morgan fingerprint density at radius 1 is 1.34 bits per heavy atom. The summed E-state index contributed by atoms with van der Waals surface area (Å²) in [6, 6.07) is 6.63. The van der Waals surface area contributed by atoms with Crippen LogP contribution in [0.4, 0.5) is 0 Å². The van der Waals surface area contributed by atoms with Crippen LogP contribution in [0, 0.1) is 17.8 Å². The van der Waals surface area contributed by atoms with E-state index < -0.39 is 0 Å². The second-order valence-corrected chi connectivity index (χ2v) is 10.3. The van der Waals surface area contributed by atoms with Crippen molar-refractivity contribution in [3.8, 4) is 12.3 Å². The van der Waals surface area contributed by atoms with Gasteiger partial charge in [-0.1, -0.05) is 57.9 Å². The van der Waals surface area contributed by atoms with Crippen molar-refractivity contribution in [3.05, 3.63) is 58.7 Å². The molecule has 1 aliphatic rings. The molecule has 0 amide bonds. The molecule has 0 spiro atoms. The lowest BCUT2D eigenvalue weighted by atomic mass is 9.74. The summed E-state index contributed by atoms with van der Waals surface area (Å²) in [6.07, 6.45) is 14.9. The smallest absolute Gasteiger partial charge is 0.202 e. The van der Waals surface area contributed by atoms with Crippen LogP contribution in [0.5, 0.6) is 0 Å². The van der Waals surface area contributed by atoms with Crippen LogP contribution in [0.2, 0.25) is 0 Å². The third-order valence-corrected chi connectivity index (χ3v) is 6.71. The van der Waals surface area contributed by atoms with Crippen LogP contribution >= 0.6 is 0 Å². The number of imidazole rings is 1. The van der Waals surface area contributed by atoms with Gasteiger partial charge in [0.15, 0.2) is 5.82 Å². The molecule has 1 aromatic heterocycles. The molecule has 1 N–H and O–H groups in total. The molecule has 0 saturated carbocycles. The van der Waals surface area contributed by atoms with Gasteiger partial charge in [0.25, 0.3) is 0 Å². The van der Waals surface area contributed by atoms with Gasteiger partial charge < -0.3 is 9.72 Å². The highest BCUT2D eigenvalue weighted by Crippen LogP contribution is 2.40. The molecule has 1 aliphatic carbocycles. The number of allylic oxidation sites excluding steroid dienone is 2. The van der Waals surface area contributed by atoms with Crippen LogP contribution in [0.1, 0.15) is 92.8 Å². The van der Waals surface area contributed by atoms with Crippen molar-refractivity contribution in [2.24, 2.45) is 5.41 Å². The Bertz CT molecular complexity index is 1030. The molecule has 0 fully saturated rings. The molecule has 4 heteroatoms. The summed E-state index contributed by atoms with van der Waals surface area (Å²) >= 11 is 0. The molecule has 1 aromatic carbocycles. The highest BCUT2D eigenvalue weighted by atomic mass is 16.5. The van der Waals surface area contributed by atoms with Crippen LogP contribution in [-0.4, -0.2) is 29.5 Å². The van der Waals surface area contributed by atoms with Crippen LogP contribution in [-0.2, 0) is 16.6 Å². The maximum atomic E-state index is 12.9. The van der Waals surface area contributed by atoms with Gasteiger partial charge in [-0.05, 0) is 65.2 Å². The number of nitrogens with one attached hydrogen (secondary N) is 1. The Morgan fingerprint density at radius 3 is 2.75 bits per heavy atom. The van der Waals surface area contributed by atoms with E-state index in [1.807, 2.05) is 0 Å². The third-order valence-electron chi connectivity index (χ3n) is 6.71. The van der Waals surface area contributed by atoms with Crippen molar-refractivity contribution < 1.29 is 9.53 Å². The molecule has 0 saturated heterocycles. The summed E-state index contributed by atoms with van der Waals surface area (Å²) < 4.78 is 5.26. The highest BCUT2D eigenvalue weighted by Gasteiger charge is 2.26. The Hall–Kier alpha value is -2.64. The van der Waals surface area contributed by atoms with Gasteiger partial charge in [-0.25, -0.2) is 4.98 Å². The first-order chi connectivity index (χ1) is 15.1. The fourth-order valence-electron chi connectivity index (χ4n) is 4.37. The van der Waals surface area contributed by atoms with E-state index in [-0.39, 0.29) is 11.2 Å². The lowest BCUT2D eigenvalue weighted by Gasteiger charge is -2.31. The maximum absolute atomic E-state index is 12.9. The molecule has 0 atom stereocenters. The first-order valence-corrected chi connectivity index (χ1v) is 11.5. The van der Waals surface area contributed by atoms with Crippen molar-refractivity contribution in [3.63, 3.8) is 0 Å². The molecular formula is C28H36N2O2. The molecule has 0 unspecified atom stereocenters. The second-order valence-electron chi connectivity index (χ2n) is 10.3. The van der Waals surface area contributed by atoms with E-state index in [9.17, 15) is 4.79 Å². The average molecular weight is 433 g/mol. The molecular weight excluding hydrogens is 396 g/mol. The summed E-state index contributed by atoms with van der Waals surface area (Å²) in [6.45, 7) is 9.98. The van der Waals surface area contributed by atoms with Crippen molar-refractivity contribution in [1.82, 2.24) is 9.97 Å². The number of carbonyl (C=O) groups is 1. The molecule has 3 rings (SSSR count). The summed E-state index contributed by atoms with van der Waals surface area (Å²) in [5, 5.41) is 0. The van der Waals surface area contributed by atoms with Gasteiger partial charge in [0, 0.05) is 20.1 Å². The first-order valence-electron chi connectivity index (χ1n) is 11.5. The summed E-state index contributed by atoms with van der Waals surface area (Å²) in [4.78, 5) is 20.0. The van der Waals surface area contributed by atoms with Crippen LogP contribution in [0.15, 0.2) is 30.5 Å². The van der Waals surface area contributed by atoms with Crippen LogP contribution in [0.3, 0.4) is 0 Å². The molecule has 4 nitrogen and oxygen atoms in total. The van der Waals surface area contributed by atoms with Gasteiger partial charge in [0.2, 0.25) is 5.78 Å². The highest BCUT2D eigenvalue weighted by molar-refractivity contribution is 5.95. The number of ether oxygens (including phenoxy) is 1. The fourth-order valence-corrected chi connectivity index (χ4v) is 4.37. The summed E-state index contributed by atoms with van der Waals surface area (Å²) in [7, 11) is 1.75. The Morgan fingerprint density at radius 2 is 2.12 bits per heavy atom. The number of Topliss-reactive ketones (excluding diaryl/α,β-unsaturated/α-hetero) is 1. The Labute approximate surface area is 192 Å². The third kappa shape index (κ3) is 5.78. The summed E-state index contributed by atoms with van der Waals surface area (Å²) in [5.74, 6) is 2.77. The zero-order valence-corrected chi connectivity index (χ0v) is 20.2. The topological polar surface area (TPSA) is 55.0 Å². The number of hydrogen-bond donors (Lipinski definition) is 1. The molecule has 1 heterocycles. The van der Waals surface area contributed by atoms with Gasteiger partial charge in [0.1, 0.15) is 5.69 Å². The van der Waals surface area contributed by atoms with E-state index in [1.54, 1.807) is 7.11 Å². The first kappa shape index (κ1) is 24.0. The van der Waals surface area contributed by atoms with E-state index in [1.165, 1.54) is 22.9 Å². The predicted molar refractivity (Wildman–Crippen MR) is 131 cm³/mol. The Balaban J connectivity index is 1.94. The number of aromatic nitrogens is 2. The molecule has 32 heavy (non-hydrogen) atoms. The fraction of sp³-hybridized carbons (Fsp3) is 0.500. The number of carbonyl (C=O) groups excluding carboxylic acids is 1. The van der Waals surface area contributed by atoms with E-state index in [0.717, 1.165) is 44.3 Å². The zero-order chi connectivity index (χ0) is 23.4. The summed E-state index contributed by atoms with van der Waals surface area (Å²) in [5.41, 5.74) is 5.80. The SMILES string of the molecule is C#Cc1cnc(C(=O)Cc2ccc(C(C)(C)CCCOC)cc2C2=CCC(C)(C)CC2)[nH]1. The minimum absolute atomic E-state index is 0.0347. The lowest BCUT2D eigenvalue weighted by Crippen LogP contribution is -2.19. The van der Waals surface area contributed by atoms with Crippen LogP contribution in [0.25, 0.3) is 5.57 Å². The second kappa shape index (κ2) is 9.88. The number of rotatable bonds is 9. The maximum Gasteiger partial charge on any atom is 0.202 e. The number of terminal acetylenes is 1. The minimum Gasteiger partial charge on any atom is -0.385 e. The van der Waals surface area contributed by atoms with E-state index in [0.29, 0.717) is 23.4 Å². The Kier molecular flexibility index (Phi) is 7.41.